The van der Waals surface area contributed by atoms with E-state index in [4.69, 9.17) is 6.57 Å². The molecule has 0 fully saturated rings. The molecule has 0 aromatic heterocycles. The molecule has 0 bridgehead atoms. The summed E-state index contributed by atoms with van der Waals surface area (Å²) >= 11 is 1.63. The van der Waals surface area contributed by atoms with E-state index in [-0.39, 0.29) is 27.5 Å². The quantitative estimate of drug-likeness (QED) is 0.682. The number of anilines is 1. The first-order valence-corrected chi connectivity index (χ1v) is 4.76. The second-order valence-corrected chi connectivity index (χ2v) is 3.26. The molecular weight excluding hydrogens is 386 g/mol. The minimum Gasteiger partial charge on any atom is -0.358 e. The number of nitrogens with zero attached hydrogens (tertiary/aromatic N) is 3. The van der Waals surface area contributed by atoms with E-state index in [0.29, 0.717) is 5.69 Å². The number of hydrazone groups is 1. The van der Waals surface area contributed by atoms with Crippen molar-refractivity contribution >= 4 is 28.7 Å². The molecule has 0 spiro atoms. The molecule has 2 rings (SSSR count). The molecule has 0 aliphatic carbocycles. The zero-order valence-electron chi connectivity index (χ0n) is 8.10. The Morgan fingerprint density at radius 2 is 2.40 bits per heavy atom. The minimum absolute atomic E-state index is 0. The van der Waals surface area contributed by atoms with Gasteiger partial charge in [-0.2, -0.15) is 23.3 Å². The van der Waals surface area contributed by atoms with Crippen molar-refractivity contribution in [1.29, 1.82) is 0 Å². The first-order chi connectivity index (χ1) is 6.40. The topological polar surface area (TPSA) is 20.0 Å². The van der Waals surface area contributed by atoms with Crippen LogP contribution < -0.4 is 5.01 Å². The van der Waals surface area contributed by atoms with Gasteiger partial charge in [-0.1, -0.05) is 17.4 Å². The fourth-order valence-electron chi connectivity index (χ4n) is 1.02. The van der Waals surface area contributed by atoms with Gasteiger partial charge in [-0.05, 0) is 0 Å². The van der Waals surface area contributed by atoms with Crippen LogP contribution in [-0.2, 0) is 20.1 Å². The maximum atomic E-state index is 6.86. The Bertz CT molecular complexity index is 386. The minimum atomic E-state index is 0. The van der Waals surface area contributed by atoms with Gasteiger partial charge in [0.05, 0.1) is 23.7 Å². The van der Waals surface area contributed by atoms with E-state index in [1.165, 1.54) is 0 Å². The molecule has 0 saturated heterocycles. The number of rotatable bonds is 1. The van der Waals surface area contributed by atoms with Crippen LogP contribution >= 0.6 is 11.8 Å². The molecule has 0 unspecified atom stereocenters. The second kappa shape index (κ2) is 6.62. The van der Waals surface area contributed by atoms with E-state index in [2.05, 4.69) is 16.0 Å². The average molecular weight is 395 g/mol. The van der Waals surface area contributed by atoms with Crippen molar-refractivity contribution in [3.05, 3.63) is 43.1 Å². The molecule has 81 valence electrons. The third-order valence-electron chi connectivity index (χ3n) is 1.63. The van der Waals surface area contributed by atoms with E-state index in [1.807, 2.05) is 5.01 Å². The Labute approximate surface area is 108 Å². The summed E-state index contributed by atoms with van der Waals surface area (Å²) in [5, 5.41) is 5.94. The predicted octanol–water partition coefficient (Wildman–Crippen LogP) is 2.94. The van der Waals surface area contributed by atoms with E-state index < -0.39 is 0 Å². The zero-order valence-corrected chi connectivity index (χ0v) is 11.3. The molecule has 0 amide bonds. The average Bonchev–Trinajstić information content (AvgIpc) is 2.71. The summed E-state index contributed by atoms with van der Waals surface area (Å²) in [7, 11) is 0. The normalized spacial score (nSPS) is 12.6. The van der Waals surface area contributed by atoms with Crippen LogP contribution in [0.1, 0.15) is 0 Å². The molecule has 1 aromatic carbocycles. The van der Waals surface area contributed by atoms with E-state index in [9.17, 15) is 0 Å². The van der Waals surface area contributed by atoms with Gasteiger partial charge in [0.15, 0.2) is 0 Å². The summed E-state index contributed by atoms with van der Waals surface area (Å²) < 4.78 is 0. The van der Waals surface area contributed by atoms with Crippen LogP contribution in [0, 0.1) is 20.1 Å². The fraction of sp³-hybridized carbons (Fsp3) is 0.100. The number of hydrogen-bond donors (Lipinski definition) is 0. The van der Waals surface area contributed by atoms with Crippen LogP contribution in [-0.4, -0.2) is 11.4 Å². The smallest absolute Gasteiger partial charge is 0.0901 e. The van der Waals surface area contributed by atoms with Crippen molar-refractivity contribution in [1.82, 2.24) is 0 Å². The predicted molar refractivity (Wildman–Crippen MR) is 61.4 cm³/mol. The van der Waals surface area contributed by atoms with Crippen molar-refractivity contribution < 1.29 is 20.1 Å². The third kappa shape index (κ3) is 3.35. The van der Waals surface area contributed by atoms with Crippen molar-refractivity contribution in [2.75, 3.05) is 10.9 Å². The Kier molecular flexibility index (Phi) is 6.26. The van der Waals surface area contributed by atoms with Crippen LogP contribution in [0.15, 0.2) is 23.3 Å². The molecule has 3 nitrogen and oxygen atoms in total. The molecule has 1 aliphatic heterocycles. The Balaban J connectivity index is 0.000000980. The maximum Gasteiger partial charge on any atom is 0.0901 e. The number of benzene rings is 1. The van der Waals surface area contributed by atoms with E-state index in [1.54, 1.807) is 35.5 Å². The molecule has 0 atom stereocenters. The Hall–Kier alpha value is -0.821. The molecule has 1 radical (unpaired) electrons. The number of hydrogen-bond acceptors (Lipinski definition) is 3. The second-order valence-electron chi connectivity index (χ2n) is 2.46. The van der Waals surface area contributed by atoms with Crippen molar-refractivity contribution in [2.24, 2.45) is 5.10 Å². The zero-order chi connectivity index (χ0) is 9.10. The van der Waals surface area contributed by atoms with Crippen LogP contribution in [0.25, 0.3) is 4.85 Å². The van der Waals surface area contributed by atoms with Crippen LogP contribution in [0.3, 0.4) is 0 Å². The van der Waals surface area contributed by atoms with Gasteiger partial charge in [0.2, 0.25) is 0 Å². The molecule has 1 heterocycles. The summed E-state index contributed by atoms with van der Waals surface area (Å²) in [5.41, 5.74) is 3.27. The molecule has 0 saturated carbocycles. The van der Waals surface area contributed by atoms with Gasteiger partial charge >= 0.3 is 0 Å². The Morgan fingerprint density at radius 3 is 3.00 bits per heavy atom. The summed E-state index contributed by atoms with van der Waals surface area (Å²) in [5.74, 6) is 0.804. The first-order valence-electron chi connectivity index (χ1n) is 3.71. The Morgan fingerprint density at radius 1 is 1.60 bits per heavy atom. The maximum absolute atomic E-state index is 6.86. The van der Waals surface area contributed by atoms with Crippen molar-refractivity contribution in [3.8, 4) is 0 Å². The first kappa shape index (κ1) is 14.2. The molecular formula is C10H9IrN3S-2. The van der Waals surface area contributed by atoms with Gasteiger partial charge in [-0.15, -0.1) is 6.07 Å². The number of thioether (sulfide) groups is 1. The fourth-order valence-corrected chi connectivity index (χ4v) is 1.61. The van der Waals surface area contributed by atoms with Crippen LogP contribution in [0.2, 0.25) is 0 Å². The van der Waals surface area contributed by atoms with Gasteiger partial charge in [-0.25, -0.2) is 0 Å². The van der Waals surface area contributed by atoms with Crippen molar-refractivity contribution in [3.63, 3.8) is 0 Å². The van der Waals surface area contributed by atoms with E-state index >= 15 is 0 Å². The largest absolute Gasteiger partial charge is 0.358 e. The van der Waals surface area contributed by atoms with Gasteiger partial charge in [0.25, 0.3) is 0 Å². The van der Waals surface area contributed by atoms with Gasteiger partial charge in [-0.3, -0.25) is 9.85 Å². The van der Waals surface area contributed by atoms with E-state index in [0.717, 1.165) is 11.6 Å². The van der Waals surface area contributed by atoms with Gasteiger partial charge < -0.3 is 7.43 Å². The summed E-state index contributed by atoms with van der Waals surface area (Å²) in [6.45, 7) is 6.86. The third-order valence-corrected chi connectivity index (χ3v) is 2.27. The standard InChI is InChI=1S/C9H6N3S.CH3.Ir/c1-10-8-3-2-4-9(5-8)12-7-13-6-11-12;;/h2-3,5-6H,7H2;1H3;/q2*-1;. The van der Waals surface area contributed by atoms with Crippen LogP contribution in [0.4, 0.5) is 11.4 Å². The van der Waals surface area contributed by atoms with Crippen molar-refractivity contribution in [2.45, 2.75) is 0 Å². The summed E-state index contributed by atoms with van der Waals surface area (Å²) in [4.78, 5) is 3.35. The molecule has 1 aliphatic rings. The monoisotopic (exact) mass is 396 g/mol. The molecule has 5 heteroatoms. The SMILES string of the molecule is [C-]#[N+]c1cc[c-]c(N2CSC=N2)c1.[CH3-].[Ir]. The summed E-state index contributed by atoms with van der Waals surface area (Å²) in [6.07, 6.45) is 0. The molecule has 1 aromatic rings. The van der Waals surface area contributed by atoms with Gasteiger partial charge in [0, 0.05) is 20.1 Å². The molecule has 15 heavy (non-hydrogen) atoms. The molecule has 0 N–H and O–H groups in total. The summed E-state index contributed by atoms with van der Waals surface area (Å²) in [6, 6.07) is 8.32. The van der Waals surface area contributed by atoms with Gasteiger partial charge in [0.1, 0.15) is 0 Å². The van der Waals surface area contributed by atoms with Crippen LogP contribution in [0.5, 0.6) is 0 Å².